The van der Waals surface area contributed by atoms with E-state index in [9.17, 15) is 9.59 Å². The Kier molecular flexibility index (Phi) is 4.37. The van der Waals surface area contributed by atoms with Crippen LogP contribution in [-0.4, -0.2) is 34.4 Å². The number of fused-ring (bicyclic) bond motifs is 1. The largest absolute Gasteiger partial charge is 0.449 e. The number of hydrogen-bond donors (Lipinski definition) is 0. The average Bonchev–Trinajstić information content (AvgIpc) is 2.61. The topological polar surface area (TPSA) is 59.5 Å². The van der Waals surface area contributed by atoms with E-state index in [0.29, 0.717) is 18.7 Å². The predicted octanol–water partition coefficient (Wildman–Crippen LogP) is 2.21. The fourth-order valence-corrected chi connectivity index (χ4v) is 2.71. The molecule has 1 aliphatic heterocycles. The molecule has 0 saturated heterocycles. The average molecular weight is 310 g/mol. The molecule has 2 heterocycles. The third-order valence-electron chi connectivity index (χ3n) is 3.99. The molecule has 23 heavy (non-hydrogen) atoms. The van der Waals surface area contributed by atoms with Crippen molar-refractivity contribution in [2.24, 2.45) is 0 Å². The number of esters is 1. The second-order valence-corrected chi connectivity index (χ2v) is 5.56. The van der Waals surface area contributed by atoms with Crippen molar-refractivity contribution in [1.29, 1.82) is 0 Å². The molecule has 0 radical (unpaired) electrons. The van der Waals surface area contributed by atoms with Crippen LogP contribution in [0.4, 0.5) is 0 Å². The van der Waals surface area contributed by atoms with Gasteiger partial charge in [-0.3, -0.25) is 9.78 Å². The maximum atomic E-state index is 12.5. The minimum absolute atomic E-state index is 0.165. The Hall–Kier alpha value is -2.69. The van der Waals surface area contributed by atoms with Gasteiger partial charge in [0, 0.05) is 25.5 Å². The summed E-state index contributed by atoms with van der Waals surface area (Å²) in [5.41, 5.74) is 2.82. The van der Waals surface area contributed by atoms with Gasteiger partial charge in [-0.25, -0.2) is 4.79 Å². The second-order valence-electron chi connectivity index (χ2n) is 5.56. The lowest BCUT2D eigenvalue weighted by Gasteiger charge is -2.30. The lowest BCUT2D eigenvalue weighted by atomic mass is 9.99. The molecule has 0 spiro atoms. The Bertz CT molecular complexity index is 715. The van der Waals surface area contributed by atoms with Crippen molar-refractivity contribution in [3.63, 3.8) is 0 Å². The van der Waals surface area contributed by atoms with E-state index in [4.69, 9.17) is 4.74 Å². The van der Waals surface area contributed by atoms with E-state index in [1.165, 1.54) is 18.0 Å². The van der Waals surface area contributed by atoms with Crippen molar-refractivity contribution in [3.8, 4) is 0 Å². The highest BCUT2D eigenvalue weighted by molar-refractivity contribution is 5.92. The van der Waals surface area contributed by atoms with Gasteiger partial charge < -0.3 is 9.64 Å². The third kappa shape index (κ3) is 3.39. The third-order valence-corrected chi connectivity index (χ3v) is 3.99. The summed E-state index contributed by atoms with van der Waals surface area (Å²) in [5.74, 6) is -0.674. The first-order valence-electron chi connectivity index (χ1n) is 7.62. The Morgan fingerprint density at radius 2 is 1.83 bits per heavy atom. The zero-order valence-electron chi connectivity index (χ0n) is 12.9. The summed E-state index contributed by atoms with van der Waals surface area (Å²) in [7, 11) is 0. The fraction of sp³-hybridized carbons (Fsp3) is 0.278. The van der Waals surface area contributed by atoms with Gasteiger partial charge in [0.25, 0.3) is 5.91 Å². The van der Waals surface area contributed by atoms with Gasteiger partial charge in [-0.05, 0) is 36.6 Å². The molecule has 118 valence electrons. The highest BCUT2D eigenvalue weighted by Gasteiger charge is 2.27. The molecule has 1 amide bonds. The van der Waals surface area contributed by atoms with Gasteiger partial charge >= 0.3 is 5.97 Å². The second kappa shape index (κ2) is 6.60. The summed E-state index contributed by atoms with van der Waals surface area (Å²) >= 11 is 0. The molecule has 3 rings (SSSR count). The number of ether oxygens (including phenoxy) is 1. The van der Waals surface area contributed by atoms with Gasteiger partial charge in [0.1, 0.15) is 0 Å². The maximum Gasteiger partial charge on any atom is 0.339 e. The normalized spacial score (nSPS) is 14.7. The van der Waals surface area contributed by atoms with Crippen LogP contribution in [0.2, 0.25) is 0 Å². The lowest BCUT2D eigenvalue weighted by Crippen LogP contribution is -2.42. The van der Waals surface area contributed by atoms with E-state index >= 15 is 0 Å². The molecule has 0 aliphatic carbocycles. The van der Waals surface area contributed by atoms with Crippen molar-refractivity contribution in [1.82, 2.24) is 9.88 Å². The van der Waals surface area contributed by atoms with Gasteiger partial charge in [0.2, 0.25) is 0 Å². The summed E-state index contributed by atoms with van der Waals surface area (Å²) in [6.07, 6.45) is 3.06. The van der Waals surface area contributed by atoms with Crippen molar-refractivity contribution in [2.75, 3.05) is 6.54 Å². The monoisotopic (exact) mass is 310 g/mol. The molecular weight excluding hydrogens is 292 g/mol. The van der Waals surface area contributed by atoms with Crippen molar-refractivity contribution in [3.05, 3.63) is 65.5 Å². The minimum atomic E-state index is -0.805. The number of rotatable bonds is 3. The molecule has 2 aromatic rings. The number of pyridine rings is 1. The van der Waals surface area contributed by atoms with Gasteiger partial charge in [-0.15, -0.1) is 0 Å². The van der Waals surface area contributed by atoms with Crippen LogP contribution in [0.5, 0.6) is 0 Å². The molecule has 0 saturated carbocycles. The summed E-state index contributed by atoms with van der Waals surface area (Å²) in [5, 5.41) is 0. The maximum absolute atomic E-state index is 12.5. The molecule has 5 nitrogen and oxygen atoms in total. The number of hydrogen-bond acceptors (Lipinski definition) is 4. The first-order chi connectivity index (χ1) is 11.1. The van der Waals surface area contributed by atoms with E-state index in [2.05, 4.69) is 11.1 Å². The number of nitrogens with zero attached hydrogens (tertiary/aromatic N) is 2. The first-order valence-corrected chi connectivity index (χ1v) is 7.62. The Balaban J connectivity index is 1.63. The quantitative estimate of drug-likeness (QED) is 0.816. The van der Waals surface area contributed by atoms with Crippen LogP contribution in [0.1, 0.15) is 28.4 Å². The van der Waals surface area contributed by atoms with E-state index in [1.807, 2.05) is 18.2 Å². The molecule has 1 atom stereocenters. The number of carbonyl (C=O) groups excluding carboxylic acids is 2. The van der Waals surface area contributed by atoms with Crippen LogP contribution >= 0.6 is 0 Å². The highest BCUT2D eigenvalue weighted by atomic mass is 16.5. The summed E-state index contributed by atoms with van der Waals surface area (Å²) < 4.78 is 5.28. The molecule has 1 aromatic heterocycles. The van der Waals surface area contributed by atoms with E-state index in [-0.39, 0.29) is 5.91 Å². The molecule has 0 fully saturated rings. The number of carbonyl (C=O) groups is 2. The minimum Gasteiger partial charge on any atom is -0.449 e. The fourth-order valence-electron chi connectivity index (χ4n) is 2.71. The van der Waals surface area contributed by atoms with Crippen LogP contribution in [-0.2, 0) is 22.5 Å². The summed E-state index contributed by atoms with van der Waals surface area (Å²) in [6.45, 7) is 2.82. The van der Waals surface area contributed by atoms with E-state index in [1.54, 1.807) is 24.0 Å². The predicted molar refractivity (Wildman–Crippen MR) is 84.7 cm³/mol. The summed E-state index contributed by atoms with van der Waals surface area (Å²) in [4.78, 5) is 30.1. The zero-order chi connectivity index (χ0) is 16.2. The van der Waals surface area contributed by atoms with Crippen molar-refractivity contribution >= 4 is 11.9 Å². The van der Waals surface area contributed by atoms with Crippen LogP contribution in [0, 0.1) is 0 Å². The smallest absolute Gasteiger partial charge is 0.339 e. The molecule has 0 bridgehead atoms. The molecule has 5 heteroatoms. The van der Waals surface area contributed by atoms with Crippen LogP contribution in [0.3, 0.4) is 0 Å². The molecule has 1 aliphatic rings. The van der Waals surface area contributed by atoms with Crippen LogP contribution < -0.4 is 0 Å². The summed E-state index contributed by atoms with van der Waals surface area (Å²) in [6, 6.07) is 11.2. The zero-order valence-corrected chi connectivity index (χ0v) is 12.9. The van der Waals surface area contributed by atoms with Crippen LogP contribution in [0.15, 0.2) is 48.8 Å². The number of benzene rings is 1. The van der Waals surface area contributed by atoms with E-state index < -0.39 is 12.1 Å². The molecular formula is C18H18N2O3. The Morgan fingerprint density at radius 3 is 2.57 bits per heavy atom. The molecule has 1 aromatic carbocycles. The van der Waals surface area contributed by atoms with Gasteiger partial charge in [-0.2, -0.15) is 0 Å². The standard InChI is InChI=1S/C18H18N2O3/c1-13(23-18(22)15-6-9-19-10-7-15)17(21)20-11-8-14-4-2-3-5-16(14)12-20/h2-7,9-10,13H,8,11-12H2,1H3. The highest BCUT2D eigenvalue weighted by Crippen LogP contribution is 2.19. The van der Waals surface area contributed by atoms with Crippen LogP contribution in [0.25, 0.3) is 0 Å². The SMILES string of the molecule is CC(OC(=O)c1ccncc1)C(=O)N1CCc2ccccc2C1. The Labute approximate surface area is 134 Å². The van der Waals surface area contributed by atoms with Gasteiger partial charge in [0.05, 0.1) is 5.56 Å². The lowest BCUT2D eigenvalue weighted by molar-refractivity contribution is -0.140. The van der Waals surface area contributed by atoms with Crippen molar-refractivity contribution < 1.29 is 14.3 Å². The van der Waals surface area contributed by atoms with E-state index in [0.717, 1.165) is 12.0 Å². The van der Waals surface area contributed by atoms with Crippen molar-refractivity contribution in [2.45, 2.75) is 26.0 Å². The Morgan fingerprint density at radius 1 is 1.13 bits per heavy atom. The number of aromatic nitrogens is 1. The molecule has 1 unspecified atom stereocenters. The molecule has 0 N–H and O–H groups in total. The van der Waals surface area contributed by atoms with Gasteiger partial charge in [0.15, 0.2) is 6.10 Å². The number of amides is 1. The first kappa shape index (κ1) is 15.2. The van der Waals surface area contributed by atoms with Gasteiger partial charge in [-0.1, -0.05) is 24.3 Å².